The summed E-state index contributed by atoms with van der Waals surface area (Å²) in [5.74, 6) is -0.457. The van der Waals surface area contributed by atoms with Crippen LogP contribution in [0.15, 0.2) is 12.1 Å². The molecule has 8 heteroatoms. The van der Waals surface area contributed by atoms with Crippen LogP contribution in [0.5, 0.6) is 5.75 Å². The highest BCUT2D eigenvalue weighted by Gasteiger charge is 2.32. The first kappa shape index (κ1) is 23.1. The van der Waals surface area contributed by atoms with Gasteiger partial charge in [-0.3, -0.25) is 0 Å². The molecule has 3 rings (SSSR count). The Hall–Kier alpha value is -2.61. The molecule has 2 N–H and O–H groups in total. The largest absolute Gasteiger partial charge is 0.507 e. The van der Waals surface area contributed by atoms with E-state index in [0.29, 0.717) is 46.9 Å². The van der Waals surface area contributed by atoms with E-state index in [9.17, 15) is 18.3 Å². The van der Waals surface area contributed by atoms with Gasteiger partial charge >= 0.3 is 6.18 Å². The fourth-order valence-corrected chi connectivity index (χ4v) is 3.66. The van der Waals surface area contributed by atoms with E-state index < -0.39 is 17.5 Å². The number of aryl methyl sites for hydroxylation is 2. The van der Waals surface area contributed by atoms with Crippen molar-refractivity contribution in [3.8, 4) is 17.0 Å². The molecule has 2 aromatic rings. The SMILES string of the molecule is CC/C(C)=c1\nc(-c2c(C)cc(C(F)(F)F)cc2O)c(C)n\c1=C\NC1CCOCC1. The second-order valence-electron chi connectivity index (χ2n) is 7.91. The van der Waals surface area contributed by atoms with Crippen LogP contribution in [0.25, 0.3) is 23.0 Å². The number of aromatic hydroxyl groups is 1. The Bertz CT molecular complexity index is 1050. The molecule has 1 aliphatic heterocycles. The van der Waals surface area contributed by atoms with Crippen molar-refractivity contribution in [2.45, 2.75) is 59.2 Å². The molecule has 1 aliphatic rings. The van der Waals surface area contributed by atoms with Crippen LogP contribution in [-0.4, -0.2) is 34.3 Å². The smallest absolute Gasteiger partial charge is 0.416 e. The van der Waals surface area contributed by atoms with Gasteiger partial charge in [0, 0.05) is 31.0 Å². The van der Waals surface area contributed by atoms with Gasteiger partial charge in [-0.05, 0) is 63.3 Å². The van der Waals surface area contributed by atoms with Gasteiger partial charge in [0.25, 0.3) is 0 Å². The molecule has 5 nitrogen and oxygen atoms in total. The van der Waals surface area contributed by atoms with E-state index in [1.165, 1.54) is 6.92 Å². The summed E-state index contributed by atoms with van der Waals surface area (Å²) in [7, 11) is 0. The lowest BCUT2D eigenvalue weighted by atomic mass is 9.99. The molecule has 1 aromatic heterocycles. The molecule has 0 saturated carbocycles. The Balaban J connectivity index is 2.14. The van der Waals surface area contributed by atoms with Crippen molar-refractivity contribution >= 4 is 11.8 Å². The average Bonchev–Trinajstić information content (AvgIpc) is 2.72. The summed E-state index contributed by atoms with van der Waals surface area (Å²) in [4.78, 5) is 9.44. The molecule has 0 radical (unpaired) electrons. The summed E-state index contributed by atoms with van der Waals surface area (Å²) in [6.07, 6.45) is -0.119. The lowest BCUT2D eigenvalue weighted by Gasteiger charge is -2.22. The second kappa shape index (κ2) is 9.26. The molecule has 1 saturated heterocycles. The molecule has 2 heterocycles. The van der Waals surface area contributed by atoms with Gasteiger partial charge in [-0.2, -0.15) is 13.2 Å². The number of nitrogens with zero attached hydrogens (tertiary/aromatic N) is 2. The van der Waals surface area contributed by atoms with Gasteiger partial charge in [-0.1, -0.05) is 6.92 Å². The molecule has 168 valence electrons. The predicted octanol–water partition coefficient (Wildman–Crippen LogP) is 3.57. The number of phenols is 1. The Morgan fingerprint density at radius 2 is 1.90 bits per heavy atom. The Morgan fingerprint density at radius 1 is 1.23 bits per heavy atom. The molecular formula is C23H28F3N3O2. The zero-order valence-electron chi connectivity index (χ0n) is 18.2. The Labute approximate surface area is 179 Å². The third kappa shape index (κ3) is 5.18. The number of aromatic nitrogens is 2. The van der Waals surface area contributed by atoms with Gasteiger partial charge < -0.3 is 15.2 Å². The minimum Gasteiger partial charge on any atom is -0.507 e. The van der Waals surface area contributed by atoms with Crippen LogP contribution in [0.1, 0.15) is 49.9 Å². The van der Waals surface area contributed by atoms with Gasteiger partial charge in [0.1, 0.15) is 11.1 Å². The normalized spacial score (nSPS) is 17.1. The predicted molar refractivity (Wildman–Crippen MR) is 114 cm³/mol. The molecule has 1 fully saturated rings. The fraction of sp³-hybridized carbons (Fsp3) is 0.478. The highest BCUT2D eigenvalue weighted by molar-refractivity contribution is 5.73. The summed E-state index contributed by atoms with van der Waals surface area (Å²) < 4.78 is 44.7. The lowest BCUT2D eigenvalue weighted by Crippen LogP contribution is -2.39. The van der Waals surface area contributed by atoms with Crippen LogP contribution in [0, 0.1) is 13.8 Å². The van der Waals surface area contributed by atoms with Crippen LogP contribution >= 0.6 is 0 Å². The van der Waals surface area contributed by atoms with Crippen LogP contribution in [0.3, 0.4) is 0 Å². The molecule has 0 amide bonds. The molecule has 1 aromatic carbocycles. The summed E-state index contributed by atoms with van der Waals surface area (Å²) in [6.45, 7) is 8.68. The number of halogens is 3. The summed E-state index contributed by atoms with van der Waals surface area (Å²) in [5, 5.41) is 15.2. The molecular weight excluding hydrogens is 407 g/mol. The zero-order valence-corrected chi connectivity index (χ0v) is 18.2. The molecule has 0 atom stereocenters. The number of nitrogens with one attached hydrogen (secondary N) is 1. The highest BCUT2D eigenvalue weighted by Crippen LogP contribution is 2.38. The van der Waals surface area contributed by atoms with E-state index in [1.807, 2.05) is 20.0 Å². The summed E-state index contributed by atoms with van der Waals surface area (Å²) in [5.41, 5.74) is 1.59. The third-order valence-corrected chi connectivity index (χ3v) is 5.59. The number of hydrogen-bond acceptors (Lipinski definition) is 5. The third-order valence-electron chi connectivity index (χ3n) is 5.59. The minimum atomic E-state index is -4.53. The van der Waals surface area contributed by atoms with Crippen molar-refractivity contribution < 1.29 is 23.0 Å². The number of hydrogen-bond donors (Lipinski definition) is 2. The maximum atomic E-state index is 13.1. The zero-order chi connectivity index (χ0) is 22.8. The highest BCUT2D eigenvalue weighted by atomic mass is 19.4. The number of alkyl halides is 3. The van der Waals surface area contributed by atoms with Crippen LogP contribution in [0.2, 0.25) is 0 Å². The first-order valence-electron chi connectivity index (χ1n) is 10.4. The van der Waals surface area contributed by atoms with Crippen molar-refractivity contribution in [3.05, 3.63) is 39.7 Å². The number of rotatable bonds is 4. The number of ether oxygens (including phenoxy) is 1. The topological polar surface area (TPSA) is 67.3 Å². The van der Waals surface area contributed by atoms with Gasteiger partial charge in [0.05, 0.1) is 22.3 Å². The average molecular weight is 435 g/mol. The maximum Gasteiger partial charge on any atom is 0.416 e. The molecule has 0 spiro atoms. The second-order valence-corrected chi connectivity index (χ2v) is 7.91. The van der Waals surface area contributed by atoms with E-state index in [4.69, 9.17) is 14.7 Å². The Kier molecular flexibility index (Phi) is 6.89. The number of benzene rings is 1. The Morgan fingerprint density at radius 3 is 2.48 bits per heavy atom. The first-order valence-corrected chi connectivity index (χ1v) is 10.4. The van der Waals surface area contributed by atoms with E-state index >= 15 is 0 Å². The molecule has 0 bridgehead atoms. The van der Waals surface area contributed by atoms with Gasteiger partial charge in [0.15, 0.2) is 0 Å². The quantitative estimate of drug-likeness (QED) is 0.769. The van der Waals surface area contributed by atoms with E-state index in [0.717, 1.165) is 37.0 Å². The van der Waals surface area contributed by atoms with Gasteiger partial charge in [0.2, 0.25) is 0 Å². The maximum absolute atomic E-state index is 13.1. The van der Waals surface area contributed by atoms with Crippen LogP contribution in [0.4, 0.5) is 13.2 Å². The first-order chi connectivity index (χ1) is 14.6. The minimum absolute atomic E-state index is 0.270. The fourth-order valence-electron chi connectivity index (χ4n) is 3.66. The standard InChI is InChI=1S/C23H28F3N3O2/c1-5-13(2)21-18(12-27-17-6-8-31-9-7-17)28-15(4)22(29-21)20-14(3)10-16(11-19(20)30)23(24,25)26/h10-12,17,27,30H,5-9H2,1-4H3/b18-12+,21-13-. The van der Waals surface area contributed by atoms with E-state index in [1.54, 1.807) is 6.92 Å². The summed E-state index contributed by atoms with van der Waals surface area (Å²) >= 11 is 0. The summed E-state index contributed by atoms with van der Waals surface area (Å²) in [6, 6.07) is 2.07. The molecule has 0 aliphatic carbocycles. The van der Waals surface area contributed by atoms with Gasteiger partial charge in [-0.25, -0.2) is 9.97 Å². The molecule has 31 heavy (non-hydrogen) atoms. The van der Waals surface area contributed by atoms with Crippen LogP contribution in [-0.2, 0) is 10.9 Å². The monoisotopic (exact) mass is 435 g/mol. The van der Waals surface area contributed by atoms with Crippen LogP contribution < -0.4 is 16.0 Å². The van der Waals surface area contributed by atoms with Crippen molar-refractivity contribution in [1.29, 1.82) is 0 Å². The van der Waals surface area contributed by atoms with E-state index in [2.05, 4.69) is 5.32 Å². The van der Waals surface area contributed by atoms with Gasteiger partial charge in [-0.15, -0.1) is 0 Å². The van der Waals surface area contributed by atoms with Crippen molar-refractivity contribution in [2.75, 3.05) is 13.2 Å². The van der Waals surface area contributed by atoms with Crippen molar-refractivity contribution in [3.63, 3.8) is 0 Å². The number of phenolic OH excluding ortho intramolecular Hbond substituents is 1. The molecule has 0 unspecified atom stereocenters. The van der Waals surface area contributed by atoms with E-state index in [-0.39, 0.29) is 5.56 Å². The lowest BCUT2D eigenvalue weighted by molar-refractivity contribution is -0.137. The van der Waals surface area contributed by atoms with Crippen molar-refractivity contribution in [2.24, 2.45) is 0 Å². The van der Waals surface area contributed by atoms with Crippen molar-refractivity contribution in [1.82, 2.24) is 15.3 Å².